The second kappa shape index (κ2) is 12.0. The van der Waals surface area contributed by atoms with E-state index in [1.54, 1.807) is 43.5 Å². The lowest BCUT2D eigenvalue weighted by Gasteiger charge is -2.11. The van der Waals surface area contributed by atoms with Crippen molar-refractivity contribution in [3.05, 3.63) is 115 Å². The number of amides is 2. The van der Waals surface area contributed by atoms with E-state index in [0.717, 1.165) is 22.2 Å². The number of aromatic nitrogens is 4. The molecule has 42 heavy (non-hydrogen) atoms. The second-order valence-electron chi connectivity index (χ2n) is 9.29. The number of fused-ring (bicyclic) bond motifs is 1. The van der Waals surface area contributed by atoms with Crippen LogP contribution in [0.15, 0.2) is 114 Å². The van der Waals surface area contributed by atoms with Gasteiger partial charge in [-0.2, -0.15) is 0 Å². The Balaban J connectivity index is 1.15. The number of thioether (sulfide) groups is 1. The standard InChI is InChI=1S/C32H26N6O3S/c1-41-28-14-8-7-13-27(28)35-31(40)21-15-17-22(18-16-21)34-29(39)20-42-32-37-36-30(38(32)23-9-3-2-4-10-23)25-19-33-26-12-6-5-11-24(25)26/h2-19,33H,20H2,1H3,(H,34,39)(H,35,40). The number of carbonyl (C=O) groups excluding carboxylic acids is 2. The number of nitrogens with zero attached hydrogens (tertiary/aromatic N) is 3. The van der Waals surface area contributed by atoms with Crippen LogP contribution in [0, 0.1) is 0 Å². The Bertz CT molecular complexity index is 1860. The first-order chi connectivity index (χ1) is 20.6. The van der Waals surface area contributed by atoms with Gasteiger partial charge < -0.3 is 20.4 Å². The topological polar surface area (TPSA) is 114 Å². The van der Waals surface area contributed by atoms with E-state index in [4.69, 9.17) is 4.74 Å². The molecule has 0 bridgehead atoms. The highest BCUT2D eigenvalue weighted by atomic mass is 32.2. The fourth-order valence-electron chi connectivity index (χ4n) is 4.58. The first-order valence-corrected chi connectivity index (χ1v) is 14.1. The number of para-hydroxylation sites is 4. The normalized spacial score (nSPS) is 10.9. The van der Waals surface area contributed by atoms with Crippen LogP contribution in [0.2, 0.25) is 0 Å². The molecule has 0 aliphatic carbocycles. The molecule has 208 valence electrons. The van der Waals surface area contributed by atoms with Gasteiger partial charge in [-0.15, -0.1) is 10.2 Å². The molecule has 0 saturated heterocycles. The zero-order chi connectivity index (χ0) is 28.9. The van der Waals surface area contributed by atoms with Gasteiger partial charge in [0, 0.05) is 39.6 Å². The Morgan fingerprint density at radius 2 is 1.60 bits per heavy atom. The third kappa shape index (κ3) is 5.61. The summed E-state index contributed by atoms with van der Waals surface area (Å²) in [5, 5.41) is 16.3. The quantitative estimate of drug-likeness (QED) is 0.172. The first-order valence-electron chi connectivity index (χ1n) is 13.1. The number of carbonyl (C=O) groups is 2. The van der Waals surface area contributed by atoms with Gasteiger partial charge in [0.1, 0.15) is 5.75 Å². The molecule has 0 aliphatic rings. The predicted molar refractivity (Wildman–Crippen MR) is 165 cm³/mol. The lowest BCUT2D eigenvalue weighted by atomic mass is 10.1. The fraction of sp³-hybridized carbons (Fsp3) is 0.0625. The second-order valence-corrected chi connectivity index (χ2v) is 10.2. The molecule has 0 aliphatic heterocycles. The van der Waals surface area contributed by atoms with Crippen molar-refractivity contribution in [2.24, 2.45) is 0 Å². The summed E-state index contributed by atoms with van der Waals surface area (Å²) >= 11 is 1.30. The number of methoxy groups -OCH3 is 1. The van der Waals surface area contributed by atoms with Crippen molar-refractivity contribution in [1.29, 1.82) is 0 Å². The summed E-state index contributed by atoms with van der Waals surface area (Å²) in [6.45, 7) is 0. The summed E-state index contributed by atoms with van der Waals surface area (Å²) < 4.78 is 7.25. The average molecular weight is 575 g/mol. The molecule has 0 saturated carbocycles. The summed E-state index contributed by atoms with van der Waals surface area (Å²) in [5.41, 5.74) is 4.44. The average Bonchev–Trinajstić information content (AvgIpc) is 3.65. The first kappa shape index (κ1) is 26.9. The maximum Gasteiger partial charge on any atom is 0.255 e. The van der Waals surface area contributed by atoms with Crippen molar-refractivity contribution in [1.82, 2.24) is 19.7 Å². The van der Waals surface area contributed by atoms with Gasteiger partial charge in [0.05, 0.1) is 18.6 Å². The number of hydrogen-bond acceptors (Lipinski definition) is 6. The van der Waals surface area contributed by atoms with E-state index in [9.17, 15) is 9.59 Å². The Morgan fingerprint density at radius 1 is 0.857 bits per heavy atom. The van der Waals surface area contributed by atoms with E-state index in [2.05, 4.69) is 25.8 Å². The van der Waals surface area contributed by atoms with Crippen LogP contribution < -0.4 is 15.4 Å². The zero-order valence-corrected chi connectivity index (χ0v) is 23.4. The molecule has 3 N–H and O–H groups in total. The van der Waals surface area contributed by atoms with Crippen molar-refractivity contribution in [3.63, 3.8) is 0 Å². The van der Waals surface area contributed by atoms with E-state index in [1.165, 1.54) is 11.8 Å². The van der Waals surface area contributed by atoms with Gasteiger partial charge in [-0.1, -0.05) is 60.3 Å². The molecule has 0 atom stereocenters. The van der Waals surface area contributed by atoms with Gasteiger partial charge in [0.15, 0.2) is 11.0 Å². The van der Waals surface area contributed by atoms with Gasteiger partial charge in [-0.05, 0) is 54.6 Å². The van der Waals surface area contributed by atoms with E-state index in [1.807, 2.05) is 77.5 Å². The number of benzene rings is 4. The van der Waals surface area contributed by atoms with Crippen molar-refractivity contribution in [2.45, 2.75) is 5.16 Å². The van der Waals surface area contributed by atoms with Crippen LogP contribution in [0.3, 0.4) is 0 Å². The predicted octanol–water partition coefficient (Wildman–Crippen LogP) is 6.41. The minimum absolute atomic E-state index is 0.120. The monoisotopic (exact) mass is 574 g/mol. The van der Waals surface area contributed by atoms with Crippen molar-refractivity contribution < 1.29 is 14.3 Å². The molecule has 4 aromatic carbocycles. The molecular weight excluding hydrogens is 548 g/mol. The summed E-state index contributed by atoms with van der Waals surface area (Å²) in [5.74, 6) is 0.892. The Morgan fingerprint density at radius 3 is 2.40 bits per heavy atom. The number of anilines is 2. The fourth-order valence-corrected chi connectivity index (χ4v) is 5.33. The summed E-state index contributed by atoms with van der Waals surface area (Å²) in [7, 11) is 1.55. The molecular formula is C32H26N6O3S. The molecule has 10 heteroatoms. The molecule has 2 aromatic heterocycles. The van der Waals surface area contributed by atoms with Crippen LogP contribution in [-0.2, 0) is 4.79 Å². The van der Waals surface area contributed by atoms with Crippen molar-refractivity contribution >= 4 is 45.9 Å². The lowest BCUT2D eigenvalue weighted by Crippen LogP contribution is -2.15. The third-order valence-electron chi connectivity index (χ3n) is 6.60. The lowest BCUT2D eigenvalue weighted by molar-refractivity contribution is -0.113. The van der Waals surface area contributed by atoms with Crippen LogP contribution in [0.4, 0.5) is 11.4 Å². The number of hydrogen-bond donors (Lipinski definition) is 3. The molecule has 0 fully saturated rings. The summed E-state index contributed by atoms with van der Waals surface area (Å²) in [4.78, 5) is 28.9. The van der Waals surface area contributed by atoms with E-state index < -0.39 is 0 Å². The summed E-state index contributed by atoms with van der Waals surface area (Å²) in [6.07, 6.45) is 1.93. The molecule has 0 spiro atoms. The van der Waals surface area contributed by atoms with Gasteiger partial charge in [0.2, 0.25) is 5.91 Å². The Labute approximate surface area is 245 Å². The summed E-state index contributed by atoms with van der Waals surface area (Å²) in [6, 6.07) is 31.8. The smallest absolute Gasteiger partial charge is 0.255 e. The van der Waals surface area contributed by atoms with Crippen LogP contribution >= 0.6 is 11.8 Å². The minimum atomic E-state index is -0.279. The minimum Gasteiger partial charge on any atom is -0.495 e. The van der Waals surface area contributed by atoms with Gasteiger partial charge >= 0.3 is 0 Å². The Hall–Kier alpha value is -5.35. The zero-order valence-electron chi connectivity index (χ0n) is 22.6. The number of aromatic amines is 1. The Kier molecular flexibility index (Phi) is 7.69. The van der Waals surface area contributed by atoms with Gasteiger partial charge in [-0.25, -0.2) is 0 Å². The molecule has 6 aromatic rings. The van der Waals surface area contributed by atoms with Gasteiger partial charge in [-0.3, -0.25) is 14.2 Å². The molecule has 6 rings (SSSR count). The van der Waals surface area contributed by atoms with E-state index >= 15 is 0 Å². The molecule has 0 radical (unpaired) electrons. The molecule has 0 unspecified atom stereocenters. The maximum atomic E-state index is 12.9. The highest BCUT2D eigenvalue weighted by Crippen LogP contribution is 2.32. The highest BCUT2D eigenvalue weighted by Gasteiger charge is 2.20. The van der Waals surface area contributed by atoms with Crippen LogP contribution in [0.5, 0.6) is 5.75 Å². The molecule has 2 amide bonds. The molecule has 9 nitrogen and oxygen atoms in total. The van der Waals surface area contributed by atoms with Crippen LogP contribution in [0.1, 0.15) is 10.4 Å². The van der Waals surface area contributed by atoms with E-state index in [0.29, 0.717) is 33.7 Å². The van der Waals surface area contributed by atoms with E-state index in [-0.39, 0.29) is 17.6 Å². The van der Waals surface area contributed by atoms with Crippen molar-refractivity contribution in [3.8, 4) is 22.8 Å². The van der Waals surface area contributed by atoms with Gasteiger partial charge in [0.25, 0.3) is 5.91 Å². The SMILES string of the molecule is COc1ccccc1NC(=O)c1ccc(NC(=O)CSc2nnc(-c3c[nH]c4ccccc34)n2-c2ccccc2)cc1. The van der Waals surface area contributed by atoms with Crippen molar-refractivity contribution in [2.75, 3.05) is 23.5 Å². The largest absolute Gasteiger partial charge is 0.495 e. The van der Waals surface area contributed by atoms with Crippen LogP contribution in [-0.4, -0.2) is 44.4 Å². The molecule has 2 heterocycles. The maximum absolute atomic E-state index is 12.9. The number of ether oxygens (including phenoxy) is 1. The van der Waals surface area contributed by atoms with Crippen LogP contribution in [0.25, 0.3) is 28.0 Å². The number of rotatable bonds is 9. The number of nitrogens with one attached hydrogen (secondary N) is 3. The third-order valence-corrected chi connectivity index (χ3v) is 7.53. The number of H-pyrrole nitrogens is 1. The highest BCUT2D eigenvalue weighted by molar-refractivity contribution is 7.99.